The number of halogens is 1. The standard InChI is InChI=1S/C23H17FN2O4/c1-28-20-10-7-17-12-15(2-4-18(17)13-20)3-11-22(27)29-14-21-25-23(26-30-21)16-5-8-19(24)9-6-16/h2-13H,14H2,1H3/b11-3+. The van der Waals surface area contributed by atoms with E-state index < -0.39 is 5.97 Å². The highest BCUT2D eigenvalue weighted by Gasteiger charge is 2.10. The summed E-state index contributed by atoms with van der Waals surface area (Å²) in [6, 6.07) is 17.3. The summed E-state index contributed by atoms with van der Waals surface area (Å²) in [5.74, 6) is 0.346. The SMILES string of the molecule is COc1ccc2cc(/C=C/C(=O)OCc3nc(-c4ccc(F)cc4)no3)ccc2c1. The molecule has 0 atom stereocenters. The third-order valence-electron chi connectivity index (χ3n) is 4.39. The predicted molar refractivity (Wildman–Crippen MR) is 109 cm³/mol. The Morgan fingerprint density at radius 2 is 1.83 bits per heavy atom. The van der Waals surface area contributed by atoms with E-state index in [0.717, 1.165) is 22.1 Å². The molecule has 7 heteroatoms. The van der Waals surface area contributed by atoms with Gasteiger partial charge in [-0.2, -0.15) is 4.98 Å². The molecule has 0 aliphatic rings. The van der Waals surface area contributed by atoms with Crippen LogP contribution in [-0.2, 0) is 16.1 Å². The number of nitrogens with zero attached hydrogens (tertiary/aromatic N) is 2. The average Bonchev–Trinajstić information content (AvgIpc) is 3.25. The van der Waals surface area contributed by atoms with Crippen molar-refractivity contribution in [3.05, 3.63) is 84.0 Å². The van der Waals surface area contributed by atoms with Crippen LogP contribution in [0.15, 0.2) is 71.3 Å². The summed E-state index contributed by atoms with van der Waals surface area (Å²) in [4.78, 5) is 16.1. The van der Waals surface area contributed by atoms with Crippen LogP contribution in [0.25, 0.3) is 28.2 Å². The number of hydrogen-bond acceptors (Lipinski definition) is 6. The van der Waals surface area contributed by atoms with Crippen LogP contribution in [0.2, 0.25) is 0 Å². The molecule has 0 saturated carbocycles. The Morgan fingerprint density at radius 1 is 1.07 bits per heavy atom. The maximum atomic E-state index is 13.0. The molecule has 0 bridgehead atoms. The Hall–Kier alpha value is -4.00. The normalized spacial score (nSPS) is 11.1. The van der Waals surface area contributed by atoms with Crippen molar-refractivity contribution in [1.29, 1.82) is 0 Å². The van der Waals surface area contributed by atoms with Gasteiger partial charge in [0.2, 0.25) is 5.82 Å². The minimum atomic E-state index is -0.536. The molecule has 150 valence electrons. The van der Waals surface area contributed by atoms with E-state index in [1.807, 2.05) is 36.4 Å². The zero-order chi connectivity index (χ0) is 20.9. The number of ether oxygens (including phenoxy) is 2. The second-order valence-electron chi connectivity index (χ2n) is 6.43. The number of rotatable bonds is 6. The summed E-state index contributed by atoms with van der Waals surface area (Å²) in [7, 11) is 1.63. The number of fused-ring (bicyclic) bond motifs is 1. The van der Waals surface area contributed by atoms with E-state index in [9.17, 15) is 9.18 Å². The van der Waals surface area contributed by atoms with Crippen LogP contribution in [0.1, 0.15) is 11.5 Å². The van der Waals surface area contributed by atoms with Gasteiger partial charge in [0.05, 0.1) is 7.11 Å². The van der Waals surface area contributed by atoms with E-state index in [0.29, 0.717) is 11.4 Å². The van der Waals surface area contributed by atoms with Crippen molar-refractivity contribution in [2.24, 2.45) is 0 Å². The predicted octanol–water partition coefficient (Wildman–Crippen LogP) is 4.79. The number of esters is 1. The molecule has 30 heavy (non-hydrogen) atoms. The van der Waals surface area contributed by atoms with Gasteiger partial charge in [-0.25, -0.2) is 9.18 Å². The molecule has 0 unspecified atom stereocenters. The second-order valence-corrected chi connectivity index (χ2v) is 6.43. The van der Waals surface area contributed by atoms with Crippen LogP contribution in [0, 0.1) is 5.82 Å². The molecule has 0 amide bonds. The van der Waals surface area contributed by atoms with Crippen LogP contribution in [-0.4, -0.2) is 23.2 Å². The Labute approximate surface area is 171 Å². The minimum absolute atomic E-state index is 0.149. The fourth-order valence-corrected chi connectivity index (χ4v) is 2.85. The van der Waals surface area contributed by atoms with E-state index in [4.69, 9.17) is 14.0 Å². The topological polar surface area (TPSA) is 74.5 Å². The fraction of sp³-hybridized carbons (Fsp3) is 0.0870. The summed E-state index contributed by atoms with van der Waals surface area (Å²) in [6.07, 6.45) is 3.01. The second kappa shape index (κ2) is 8.57. The molecule has 6 nitrogen and oxygen atoms in total. The van der Waals surface area contributed by atoms with Crippen LogP contribution in [0.3, 0.4) is 0 Å². The summed E-state index contributed by atoms with van der Waals surface area (Å²) < 4.78 is 28.4. The number of aromatic nitrogens is 2. The quantitative estimate of drug-likeness (QED) is 0.340. The molecule has 1 heterocycles. The Bertz CT molecular complexity index is 1220. The van der Waals surface area contributed by atoms with E-state index in [1.165, 1.54) is 18.2 Å². The van der Waals surface area contributed by atoms with Gasteiger partial charge in [-0.1, -0.05) is 23.4 Å². The Morgan fingerprint density at radius 3 is 2.63 bits per heavy atom. The number of carbonyl (C=O) groups excluding carboxylic acids is 1. The van der Waals surface area contributed by atoms with Gasteiger partial charge in [0.25, 0.3) is 5.89 Å². The van der Waals surface area contributed by atoms with Crippen LogP contribution >= 0.6 is 0 Å². The number of carbonyl (C=O) groups is 1. The number of benzene rings is 3. The van der Waals surface area contributed by atoms with Gasteiger partial charge >= 0.3 is 5.97 Å². The molecular weight excluding hydrogens is 387 g/mol. The summed E-state index contributed by atoms with van der Waals surface area (Å²) in [5, 5.41) is 5.88. The Balaban J connectivity index is 1.36. The molecule has 0 fully saturated rings. The van der Waals surface area contributed by atoms with E-state index in [-0.39, 0.29) is 18.3 Å². The van der Waals surface area contributed by atoms with Gasteiger partial charge < -0.3 is 14.0 Å². The maximum absolute atomic E-state index is 13.0. The van der Waals surface area contributed by atoms with Gasteiger partial charge in [-0.15, -0.1) is 0 Å². The van der Waals surface area contributed by atoms with Gasteiger partial charge in [0, 0.05) is 11.6 Å². The first-order chi connectivity index (χ1) is 14.6. The first kappa shape index (κ1) is 19.3. The van der Waals surface area contributed by atoms with E-state index >= 15 is 0 Å². The molecule has 0 radical (unpaired) electrons. The fourth-order valence-electron chi connectivity index (χ4n) is 2.85. The third kappa shape index (κ3) is 4.52. The Kier molecular flexibility index (Phi) is 5.52. The number of methoxy groups -OCH3 is 1. The van der Waals surface area contributed by atoms with Crippen molar-refractivity contribution >= 4 is 22.8 Å². The first-order valence-corrected chi connectivity index (χ1v) is 9.12. The lowest BCUT2D eigenvalue weighted by Gasteiger charge is -2.03. The zero-order valence-electron chi connectivity index (χ0n) is 16.0. The van der Waals surface area contributed by atoms with Crippen LogP contribution < -0.4 is 4.74 Å². The molecule has 0 aliphatic carbocycles. The number of hydrogen-bond donors (Lipinski definition) is 0. The molecule has 4 rings (SSSR count). The van der Waals surface area contributed by atoms with Gasteiger partial charge in [0.1, 0.15) is 11.6 Å². The largest absolute Gasteiger partial charge is 0.497 e. The molecule has 3 aromatic carbocycles. The van der Waals surface area contributed by atoms with Gasteiger partial charge in [0.15, 0.2) is 6.61 Å². The van der Waals surface area contributed by atoms with Crippen molar-refractivity contribution in [3.63, 3.8) is 0 Å². The zero-order valence-corrected chi connectivity index (χ0v) is 16.0. The van der Waals surface area contributed by atoms with Gasteiger partial charge in [-0.05, 0) is 64.9 Å². The highest BCUT2D eigenvalue weighted by Crippen LogP contribution is 2.22. The monoisotopic (exact) mass is 404 g/mol. The lowest BCUT2D eigenvalue weighted by molar-refractivity contribution is -0.139. The van der Waals surface area contributed by atoms with Crippen LogP contribution in [0.4, 0.5) is 4.39 Å². The van der Waals surface area contributed by atoms with Crippen molar-refractivity contribution in [2.75, 3.05) is 7.11 Å². The van der Waals surface area contributed by atoms with E-state index in [1.54, 1.807) is 25.3 Å². The minimum Gasteiger partial charge on any atom is -0.497 e. The molecular formula is C23H17FN2O4. The summed E-state index contributed by atoms with van der Waals surface area (Å²) in [6.45, 7) is -0.158. The highest BCUT2D eigenvalue weighted by molar-refractivity contribution is 5.90. The molecule has 0 aliphatic heterocycles. The van der Waals surface area contributed by atoms with Crippen molar-refractivity contribution in [2.45, 2.75) is 6.61 Å². The average molecular weight is 404 g/mol. The van der Waals surface area contributed by atoms with Crippen molar-refractivity contribution in [3.8, 4) is 17.1 Å². The molecule has 4 aromatic rings. The van der Waals surface area contributed by atoms with Crippen molar-refractivity contribution in [1.82, 2.24) is 10.1 Å². The summed E-state index contributed by atoms with van der Waals surface area (Å²) in [5.41, 5.74) is 1.47. The smallest absolute Gasteiger partial charge is 0.331 e. The lowest BCUT2D eigenvalue weighted by Crippen LogP contribution is -2.01. The molecule has 0 saturated heterocycles. The molecule has 1 aromatic heterocycles. The van der Waals surface area contributed by atoms with Gasteiger partial charge in [-0.3, -0.25) is 0 Å². The van der Waals surface area contributed by atoms with Crippen LogP contribution in [0.5, 0.6) is 5.75 Å². The van der Waals surface area contributed by atoms with Crippen molar-refractivity contribution < 1.29 is 23.2 Å². The molecule has 0 spiro atoms. The summed E-state index contributed by atoms with van der Waals surface area (Å²) >= 11 is 0. The molecule has 0 N–H and O–H groups in total. The lowest BCUT2D eigenvalue weighted by atomic mass is 10.1. The van der Waals surface area contributed by atoms with E-state index in [2.05, 4.69) is 10.1 Å². The first-order valence-electron chi connectivity index (χ1n) is 9.12. The highest BCUT2D eigenvalue weighted by atomic mass is 19.1. The third-order valence-corrected chi connectivity index (χ3v) is 4.39. The maximum Gasteiger partial charge on any atom is 0.331 e.